The fraction of sp³-hybridized carbons (Fsp3) is 0.0500. The van der Waals surface area contributed by atoms with Crippen LogP contribution in [0.5, 0.6) is 0 Å². The molecule has 26 heavy (non-hydrogen) atoms. The first-order valence-corrected chi connectivity index (χ1v) is 8.44. The van der Waals surface area contributed by atoms with Crippen LogP contribution < -0.4 is 0 Å². The molecule has 2 heterocycles. The third-order valence-electron chi connectivity index (χ3n) is 3.83. The van der Waals surface area contributed by atoms with Crippen molar-refractivity contribution in [2.75, 3.05) is 0 Å². The number of ketones is 1. The minimum absolute atomic E-state index is 0.210. The summed E-state index contributed by atoms with van der Waals surface area (Å²) in [6.07, 6.45) is 5.03. The summed E-state index contributed by atoms with van der Waals surface area (Å²) in [5, 5.41) is 10.2. The lowest BCUT2D eigenvalue weighted by Gasteiger charge is -2.02. The van der Waals surface area contributed by atoms with E-state index in [2.05, 4.69) is 11.1 Å². The Bertz CT molecular complexity index is 1050. The van der Waals surface area contributed by atoms with E-state index in [1.54, 1.807) is 60.4 Å². The van der Waals surface area contributed by atoms with E-state index in [0.717, 1.165) is 0 Å². The van der Waals surface area contributed by atoms with Crippen LogP contribution in [-0.2, 0) is 7.05 Å². The molecular formula is C20H13Cl2N3O. The Kier molecular flexibility index (Phi) is 5.22. The molecular weight excluding hydrogens is 369 g/mol. The Morgan fingerprint density at radius 2 is 2.04 bits per heavy atom. The summed E-state index contributed by atoms with van der Waals surface area (Å²) in [6, 6.07) is 14.0. The van der Waals surface area contributed by atoms with E-state index in [-0.39, 0.29) is 5.78 Å². The first-order valence-electron chi connectivity index (χ1n) is 7.69. The number of allylic oxidation sites excluding steroid dienone is 1. The van der Waals surface area contributed by atoms with E-state index < -0.39 is 0 Å². The van der Waals surface area contributed by atoms with Gasteiger partial charge in [-0.3, -0.25) is 9.78 Å². The van der Waals surface area contributed by atoms with Gasteiger partial charge >= 0.3 is 0 Å². The van der Waals surface area contributed by atoms with Crippen molar-refractivity contribution >= 4 is 40.6 Å². The maximum atomic E-state index is 12.7. The molecule has 0 aliphatic heterocycles. The van der Waals surface area contributed by atoms with Crippen molar-refractivity contribution in [2.24, 2.45) is 7.05 Å². The number of aromatic nitrogens is 2. The molecule has 0 bridgehead atoms. The normalized spacial score (nSPS) is 11.2. The number of hydrogen-bond donors (Lipinski definition) is 0. The number of benzene rings is 1. The lowest BCUT2D eigenvalue weighted by atomic mass is 10.1. The average molecular weight is 382 g/mol. The lowest BCUT2D eigenvalue weighted by molar-refractivity contribution is 0.103. The van der Waals surface area contributed by atoms with Crippen LogP contribution in [0, 0.1) is 11.3 Å². The molecule has 3 aromatic rings. The van der Waals surface area contributed by atoms with Gasteiger partial charge in [-0.25, -0.2) is 0 Å². The fourth-order valence-electron chi connectivity index (χ4n) is 2.51. The molecule has 6 heteroatoms. The van der Waals surface area contributed by atoms with Gasteiger partial charge in [0.15, 0.2) is 5.78 Å². The van der Waals surface area contributed by atoms with Gasteiger partial charge in [-0.05, 0) is 42.5 Å². The third-order valence-corrected chi connectivity index (χ3v) is 4.38. The number of carbonyl (C=O) groups is 1. The zero-order valence-electron chi connectivity index (χ0n) is 13.8. The van der Waals surface area contributed by atoms with Crippen LogP contribution in [0.2, 0.25) is 10.0 Å². The fourth-order valence-corrected chi connectivity index (χ4v) is 3.01. The monoisotopic (exact) mass is 381 g/mol. The third kappa shape index (κ3) is 3.70. The van der Waals surface area contributed by atoms with Gasteiger partial charge in [-0.2, -0.15) is 5.26 Å². The topological polar surface area (TPSA) is 58.7 Å². The molecule has 0 saturated carbocycles. The van der Waals surface area contributed by atoms with Crippen molar-refractivity contribution < 1.29 is 4.79 Å². The summed E-state index contributed by atoms with van der Waals surface area (Å²) in [4.78, 5) is 16.9. The molecule has 0 N–H and O–H groups in total. The van der Waals surface area contributed by atoms with Crippen LogP contribution in [0.4, 0.5) is 0 Å². The Morgan fingerprint density at radius 1 is 1.23 bits per heavy atom. The maximum absolute atomic E-state index is 12.7. The number of nitrogens with zero attached hydrogens (tertiary/aromatic N) is 3. The number of hydrogen-bond acceptors (Lipinski definition) is 3. The minimum atomic E-state index is -0.210. The summed E-state index contributed by atoms with van der Waals surface area (Å²) in [5.41, 5.74) is 2.55. The van der Waals surface area contributed by atoms with Crippen molar-refractivity contribution in [3.8, 4) is 6.07 Å². The van der Waals surface area contributed by atoms with Gasteiger partial charge in [0.2, 0.25) is 0 Å². The molecule has 3 rings (SSSR count). The van der Waals surface area contributed by atoms with Crippen LogP contribution in [0.15, 0.2) is 54.9 Å². The van der Waals surface area contributed by atoms with E-state index in [4.69, 9.17) is 23.2 Å². The zero-order valence-corrected chi connectivity index (χ0v) is 15.3. The highest BCUT2D eigenvalue weighted by Gasteiger charge is 2.16. The summed E-state index contributed by atoms with van der Waals surface area (Å²) in [7, 11) is 1.81. The summed E-state index contributed by atoms with van der Waals surface area (Å²) in [6.45, 7) is 0. The number of carbonyl (C=O) groups excluding carboxylic acids is 1. The highest BCUT2D eigenvalue weighted by Crippen LogP contribution is 2.25. The van der Waals surface area contributed by atoms with Crippen LogP contribution in [0.25, 0.3) is 11.6 Å². The number of aryl methyl sites for hydroxylation is 1. The van der Waals surface area contributed by atoms with Gasteiger partial charge in [0.05, 0.1) is 16.3 Å². The predicted octanol–water partition coefficient (Wildman–Crippen LogP) is 5.02. The Hall–Kier alpha value is -2.87. The number of rotatable bonds is 4. The quantitative estimate of drug-likeness (QED) is 0.470. The van der Waals surface area contributed by atoms with Gasteiger partial charge in [-0.1, -0.05) is 29.3 Å². The molecule has 0 atom stereocenters. The number of pyridine rings is 1. The van der Waals surface area contributed by atoms with Gasteiger partial charge in [0.25, 0.3) is 0 Å². The van der Waals surface area contributed by atoms with Gasteiger partial charge in [0.1, 0.15) is 6.07 Å². The first kappa shape index (κ1) is 17.9. The molecule has 4 nitrogen and oxygen atoms in total. The van der Waals surface area contributed by atoms with Crippen molar-refractivity contribution in [3.05, 3.63) is 87.4 Å². The second-order valence-corrected chi connectivity index (χ2v) is 6.45. The van der Waals surface area contributed by atoms with E-state index in [0.29, 0.717) is 38.1 Å². The molecule has 0 unspecified atom stereocenters. The largest absolute Gasteiger partial charge is 0.350 e. The van der Waals surface area contributed by atoms with E-state index in [9.17, 15) is 10.1 Å². The molecule has 0 spiro atoms. The van der Waals surface area contributed by atoms with Crippen LogP contribution >= 0.6 is 23.2 Å². The Labute approximate surface area is 160 Å². The smallest absolute Gasteiger partial charge is 0.196 e. The van der Waals surface area contributed by atoms with Crippen molar-refractivity contribution in [1.82, 2.24) is 9.55 Å². The van der Waals surface area contributed by atoms with Gasteiger partial charge < -0.3 is 4.57 Å². The molecule has 128 valence electrons. The maximum Gasteiger partial charge on any atom is 0.196 e. The highest BCUT2D eigenvalue weighted by atomic mass is 35.5. The van der Waals surface area contributed by atoms with Crippen LogP contribution in [-0.4, -0.2) is 15.3 Å². The van der Waals surface area contributed by atoms with Gasteiger partial charge in [0, 0.05) is 41.3 Å². The standard InChI is InChI=1S/C20H13Cl2N3O/c1-25-12-14(20(26)17-6-5-15(21)10-18(17)22)9-16(25)8-13(11-23)19-4-2-3-7-24-19/h2-10,12H,1H3. The second kappa shape index (κ2) is 7.57. The lowest BCUT2D eigenvalue weighted by Crippen LogP contribution is -2.00. The molecule has 1 aromatic carbocycles. The predicted molar refractivity (Wildman–Crippen MR) is 103 cm³/mol. The zero-order chi connectivity index (χ0) is 18.7. The number of halogens is 2. The minimum Gasteiger partial charge on any atom is -0.350 e. The SMILES string of the molecule is Cn1cc(C(=O)c2ccc(Cl)cc2Cl)cc1C=C(C#N)c1ccccn1. The van der Waals surface area contributed by atoms with E-state index in [1.807, 2.05) is 6.07 Å². The van der Waals surface area contributed by atoms with E-state index in [1.165, 1.54) is 6.07 Å². The van der Waals surface area contributed by atoms with Crippen molar-refractivity contribution in [3.63, 3.8) is 0 Å². The Morgan fingerprint density at radius 3 is 2.69 bits per heavy atom. The summed E-state index contributed by atoms with van der Waals surface area (Å²) in [5.74, 6) is -0.210. The molecule has 2 aromatic heterocycles. The molecule has 0 fully saturated rings. The van der Waals surface area contributed by atoms with Crippen molar-refractivity contribution in [2.45, 2.75) is 0 Å². The summed E-state index contributed by atoms with van der Waals surface area (Å²) >= 11 is 12.0. The summed E-state index contributed by atoms with van der Waals surface area (Å²) < 4.78 is 1.78. The molecule has 0 aliphatic carbocycles. The highest BCUT2D eigenvalue weighted by molar-refractivity contribution is 6.37. The second-order valence-electron chi connectivity index (χ2n) is 5.60. The molecule has 0 aliphatic rings. The van der Waals surface area contributed by atoms with Crippen molar-refractivity contribution in [1.29, 1.82) is 5.26 Å². The Balaban J connectivity index is 1.98. The van der Waals surface area contributed by atoms with Crippen LogP contribution in [0.1, 0.15) is 27.3 Å². The van der Waals surface area contributed by atoms with E-state index >= 15 is 0 Å². The average Bonchev–Trinajstić information content (AvgIpc) is 3.00. The first-order chi connectivity index (χ1) is 12.5. The number of nitriles is 1. The molecule has 0 saturated heterocycles. The van der Waals surface area contributed by atoms with Gasteiger partial charge in [-0.15, -0.1) is 0 Å². The molecule has 0 amide bonds. The van der Waals surface area contributed by atoms with Crippen LogP contribution in [0.3, 0.4) is 0 Å². The molecule has 0 radical (unpaired) electrons.